The second-order valence-electron chi connectivity index (χ2n) is 3.34. The minimum atomic E-state index is 0.419. The van der Waals surface area contributed by atoms with Crippen molar-refractivity contribution in [2.45, 2.75) is 39.0 Å². The maximum atomic E-state index is 5.79. The summed E-state index contributed by atoms with van der Waals surface area (Å²) < 4.78 is 0. The minimum Gasteiger partial charge on any atom is -0.241 e. The Morgan fingerprint density at radius 3 is 2.62 bits per heavy atom. The molecule has 0 aliphatic heterocycles. The third-order valence-electron chi connectivity index (χ3n) is 1.95. The second-order valence-corrected chi connectivity index (χ2v) is 3.61. The third-order valence-corrected chi connectivity index (χ3v) is 2.24. The van der Waals surface area contributed by atoms with Crippen LogP contribution in [0.5, 0.6) is 0 Å². The molecular formula is C10H15ClN2. The number of hydrogen-bond acceptors (Lipinski definition) is 2. The molecule has 0 atom stereocenters. The Balaban J connectivity index is 3.10. The van der Waals surface area contributed by atoms with Crippen LogP contribution in [0.2, 0.25) is 0 Å². The molecule has 3 heteroatoms. The molecule has 0 amide bonds. The van der Waals surface area contributed by atoms with E-state index in [2.05, 4.69) is 30.7 Å². The fourth-order valence-corrected chi connectivity index (χ4v) is 1.44. The highest BCUT2D eigenvalue weighted by Crippen LogP contribution is 2.18. The largest absolute Gasteiger partial charge is 0.241 e. The summed E-state index contributed by atoms with van der Waals surface area (Å²) in [4.78, 5) is 8.68. The zero-order chi connectivity index (χ0) is 9.84. The number of rotatable bonds is 3. The first-order valence-corrected chi connectivity index (χ1v) is 5.13. The summed E-state index contributed by atoms with van der Waals surface area (Å²) >= 11 is 5.79. The molecule has 13 heavy (non-hydrogen) atoms. The van der Waals surface area contributed by atoms with E-state index in [1.54, 1.807) is 0 Å². The molecule has 0 N–H and O–H groups in total. The van der Waals surface area contributed by atoms with Gasteiger partial charge in [-0.1, -0.05) is 20.8 Å². The average Bonchev–Trinajstić information content (AvgIpc) is 2.16. The van der Waals surface area contributed by atoms with Crippen LogP contribution >= 0.6 is 11.6 Å². The first-order valence-electron chi connectivity index (χ1n) is 4.59. The van der Waals surface area contributed by atoms with Crippen molar-refractivity contribution in [2.75, 3.05) is 0 Å². The van der Waals surface area contributed by atoms with E-state index in [1.165, 1.54) is 0 Å². The van der Waals surface area contributed by atoms with Gasteiger partial charge in [-0.05, 0) is 5.92 Å². The van der Waals surface area contributed by atoms with E-state index in [0.717, 1.165) is 23.5 Å². The van der Waals surface area contributed by atoms with Gasteiger partial charge in [-0.2, -0.15) is 0 Å². The average molecular weight is 199 g/mol. The first-order chi connectivity index (χ1) is 6.19. The van der Waals surface area contributed by atoms with Gasteiger partial charge in [0.05, 0.1) is 11.6 Å². The molecule has 0 fully saturated rings. The zero-order valence-electron chi connectivity index (χ0n) is 8.34. The summed E-state index contributed by atoms with van der Waals surface area (Å²) in [6.45, 7) is 6.30. The molecule has 0 radical (unpaired) electrons. The number of halogens is 1. The van der Waals surface area contributed by atoms with Crippen LogP contribution in [0.3, 0.4) is 0 Å². The lowest BCUT2D eigenvalue weighted by Gasteiger charge is -2.09. The van der Waals surface area contributed by atoms with E-state index in [0.29, 0.717) is 11.8 Å². The molecule has 0 saturated heterocycles. The molecule has 0 unspecified atom stereocenters. The van der Waals surface area contributed by atoms with Crippen LogP contribution < -0.4 is 0 Å². The number of aromatic nitrogens is 2. The SMILES string of the molecule is CCc1ncc(CCl)c(C(C)C)n1. The van der Waals surface area contributed by atoms with Crippen LogP contribution in [0.1, 0.15) is 43.8 Å². The van der Waals surface area contributed by atoms with E-state index < -0.39 is 0 Å². The summed E-state index contributed by atoms with van der Waals surface area (Å²) in [6.07, 6.45) is 2.72. The van der Waals surface area contributed by atoms with Crippen molar-refractivity contribution in [2.24, 2.45) is 0 Å². The Kier molecular flexibility index (Phi) is 3.67. The van der Waals surface area contributed by atoms with Crippen molar-refractivity contribution in [3.63, 3.8) is 0 Å². The normalized spacial score (nSPS) is 10.8. The zero-order valence-corrected chi connectivity index (χ0v) is 9.10. The van der Waals surface area contributed by atoms with E-state index in [9.17, 15) is 0 Å². The van der Waals surface area contributed by atoms with Crippen LogP contribution in [0, 0.1) is 0 Å². The molecule has 0 aliphatic rings. The molecule has 0 spiro atoms. The second kappa shape index (κ2) is 4.56. The van der Waals surface area contributed by atoms with E-state index in [-0.39, 0.29) is 0 Å². The monoisotopic (exact) mass is 198 g/mol. The molecule has 0 saturated carbocycles. The lowest BCUT2D eigenvalue weighted by molar-refractivity contribution is 0.772. The Bertz CT molecular complexity index is 284. The highest BCUT2D eigenvalue weighted by molar-refractivity contribution is 6.17. The highest BCUT2D eigenvalue weighted by Gasteiger charge is 2.08. The lowest BCUT2D eigenvalue weighted by atomic mass is 10.1. The summed E-state index contributed by atoms with van der Waals surface area (Å²) in [7, 11) is 0. The molecule has 1 rings (SSSR count). The Hall–Kier alpha value is -0.630. The Labute approximate surface area is 84.4 Å². The van der Waals surface area contributed by atoms with Crippen LogP contribution in [0.4, 0.5) is 0 Å². The number of aryl methyl sites for hydroxylation is 1. The van der Waals surface area contributed by atoms with Crippen molar-refractivity contribution in [1.82, 2.24) is 9.97 Å². The van der Waals surface area contributed by atoms with E-state index in [4.69, 9.17) is 11.6 Å². The number of alkyl halides is 1. The quantitative estimate of drug-likeness (QED) is 0.698. The highest BCUT2D eigenvalue weighted by atomic mass is 35.5. The lowest BCUT2D eigenvalue weighted by Crippen LogP contribution is -2.04. The fourth-order valence-electron chi connectivity index (χ4n) is 1.23. The summed E-state index contributed by atoms with van der Waals surface area (Å²) in [5, 5.41) is 0. The summed E-state index contributed by atoms with van der Waals surface area (Å²) in [5.41, 5.74) is 2.13. The van der Waals surface area contributed by atoms with Gasteiger partial charge in [0.1, 0.15) is 5.82 Å². The molecule has 1 heterocycles. The number of hydrogen-bond donors (Lipinski definition) is 0. The predicted molar refractivity (Wildman–Crippen MR) is 55.1 cm³/mol. The number of nitrogens with zero attached hydrogens (tertiary/aromatic N) is 2. The van der Waals surface area contributed by atoms with E-state index in [1.807, 2.05) is 6.20 Å². The molecule has 1 aromatic rings. The smallest absolute Gasteiger partial charge is 0.128 e. The molecule has 72 valence electrons. The predicted octanol–water partition coefficient (Wildman–Crippen LogP) is 2.90. The molecule has 0 bridgehead atoms. The van der Waals surface area contributed by atoms with Crippen molar-refractivity contribution in [1.29, 1.82) is 0 Å². The Morgan fingerprint density at radius 2 is 2.15 bits per heavy atom. The van der Waals surface area contributed by atoms with Gasteiger partial charge >= 0.3 is 0 Å². The molecular weight excluding hydrogens is 184 g/mol. The Morgan fingerprint density at radius 1 is 1.46 bits per heavy atom. The topological polar surface area (TPSA) is 25.8 Å². The maximum absolute atomic E-state index is 5.79. The van der Waals surface area contributed by atoms with Gasteiger partial charge in [0.25, 0.3) is 0 Å². The molecule has 2 nitrogen and oxygen atoms in total. The fraction of sp³-hybridized carbons (Fsp3) is 0.600. The van der Waals surface area contributed by atoms with Gasteiger partial charge in [0.15, 0.2) is 0 Å². The summed E-state index contributed by atoms with van der Waals surface area (Å²) in [6, 6.07) is 0. The standard InChI is InChI=1S/C10H15ClN2/c1-4-9-12-6-8(5-11)10(13-9)7(2)3/h6-7H,4-5H2,1-3H3. The van der Waals surface area contributed by atoms with Crippen molar-refractivity contribution >= 4 is 11.6 Å². The van der Waals surface area contributed by atoms with Gasteiger partial charge in [-0.15, -0.1) is 11.6 Å². The van der Waals surface area contributed by atoms with Crippen LogP contribution in [-0.4, -0.2) is 9.97 Å². The minimum absolute atomic E-state index is 0.419. The van der Waals surface area contributed by atoms with Gasteiger partial charge in [-0.3, -0.25) is 0 Å². The van der Waals surface area contributed by atoms with Crippen molar-refractivity contribution in [3.8, 4) is 0 Å². The van der Waals surface area contributed by atoms with Crippen molar-refractivity contribution in [3.05, 3.63) is 23.3 Å². The van der Waals surface area contributed by atoms with Gasteiger partial charge in [0.2, 0.25) is 0 Å². The molecule has 0 aliphatic carbocycles. The van der Waals surface area contributed by atoms with Gasteiger partial charge in [0, 0.05) is 18.2 Å². The molecule has 1 aromatic heterocycles. The van der Waals surface area contributed by atoms with Crippen LogP contribution in [0.25, 0.3) is 0 Å². The van der Waals surface area contributed by atoms with Crippen molar-refractivity contribution < 1.29 is 0 Å². The first kappa shape index (κ1) is 10.5. The van der Waals surface area contributed by atoms with Gasteiger partial charge < -0.3 is 0 Å². The van der Waals surface area contributed by atoms with E-state index >= 15 is 0 Å². The maximum Gasteiger partial charge on any atom is 0.128 e. The van der Waals surface area contributed by atoms with Crippen LogP contribution in [-0.2, 0) is 12.3 Å². The third kappa shape index (κ3) is 2.41. The summed E-state index contributed by atoms with van der Waals surface area (Å²) in [5.74, 6) is 1.82. The van der Waals surface area contributed by atoms with Gasteiger partial charge in [-0.25, -0.2) is 9.97 Å². The van der Waals surface area contributed by atoms with Crippen LogP contribution in [0.15, 0.2) is 6.20 Å². The molecule has 0 aromatic carbocycles.